The molecule has 2 aromatic heterocycles. The van der Waals surface area contributed by atoms with Gasteiger partial charge in [0, 0.05) is 31.2 Å². The van der Waals surface area contributed by atoms with Crippen LogP contribution in [-0.2, 0) is 17.6 Å². The van der Waals surface area contributed by atoms with Crippen molar-refractivity contribution in [1.29, 1.82) is 0 Å². The lowest BCUT2D eigenvalue weighted by atomic mass is 9.92. The monoisotopic (exact) mass is 298 g/mol. The topological polar surface area (TPSA) is 61.9 Å². The Morgan fingerprint density at radius 3 is 3.09 bits per heavy atom. The van der Waals surface area contributed by atoms with Crippen LogP contribution in [0.5, 0.6) is 0 Å². The average molecular weight is 298 g/mol. The Kier molecular flexibility index (Phi) is 4.51. The number of aromatic amines is 1. The lowest BCUT2D eigenvalue weighted by Crippen LogP contribution is -2.41. The van der Waals surface area contributed by atoms with Crippen LogP contribution in [0, 0.1) is 12.8 Å². The zero-order valence-electron chi connectivity index (χ0n) is 13.0. The highest BCUT2D eigenvalue weighted by Gasteiger charge is 2.24. The van der Waals surface area contributed by atoms with Gasteiger partial charge in [-0.25, -0.2) is 0 Å². The quantitative estimate of drug-likeness (QED) is 0.940. The predicted molar refractivity (Wildman–Crippen MR) is 84.3 cm³/mol. The molecule has 1 aliphatic rings. The van der Waals surface area contributed by atoms with Crippen LogP contribution in [0.3, 0.4) is 0 Å². The van der Waals surface area contributed by atoms with Crippen molar-refractivity contribution >= 4 is 5.91 Å². The lowest BCUT2D eigenvalue weighted by Gasteiger charge is -2.33. The summed E-state index contributed by atoms with van der Waals surface area (Å²) in [5, 5.41) is 7.16. The number of carbonyl (C=O) groups is 1. The minimum absolute atomic E-state index is 0.207. The van der Waals surface area contributed by atoms with Crippen LogP contribution in [0.15, 0.2) is 30.7 Å². The third kappa shape index (κ3) is 3.53. The minimum atomic E-state index is 0.207. The predicted octanol–water partition coefficient (Wildman–Crippen LogP) is 2.14. The summed E-state index contributed by atoms with van der Waals surface area (Å²) in [7, 11) is 0. The first-order valence-corrected chi connectivity index (χ1v) is 7.88. The standard InChI is InChI=1S/C17H22N4O/c1-13-10-19-20-16(13)8-15-5-3-7-21(12-15)17(22)9-14-4-2-6-18-11-14/h2,4,6,10-11,15H,3,5,7-9,12H2,1H3,(H,19,20). The van der Waals surface area contributed by atoms with Crippen LogP contribution in [0.2, 0.25) is 0 Å². The molecule has 1 N–H and O–H groups in total. The Hall–Kier alpha value is -2.17. The fourth-order valence-corrected chi connectivity index (χ4v) is 3.12. The molecule has 116 valence electrons. The van der Waals surface area contributed by atoms with E-state index in [9.17, 15) is 4.79 Å². The van der Waals surface area contributed by atoms with Crippen LogP contribution < -0.4 is 0 Å². The van der Waals surface area contributed by atoms with E-state index in [0.29, 0.717) is 12.3 Å². The van der Waals surface area contributed by atoms with Gasteiger partial charge in [-0.2, -0.15) is 5.10 Å². The van der Waals surface area contributed by atoms with Crippen molar-refractivity contribution in [3.05, 3.63) is 47.5 Å². The number of nitrogens with one attached hydrogen (secondary N) is 1. The number of piperidine rings is 1. The molecule has 2 aromatic rings. The second-order valence-corrected chi connectivity index (χ2v) is 6.12. The van der Waals surface area contributed by atoms with Gasteiger partial charge >= 0.3 is 0 Å². The van der Waals surface area contributed by atoms with Crippen molar-refractivity contribution in [2.75, 3.05) is 13.1 Å². The number of likely N-dealkylation sites (tertiary alicyclic amines) is 1. The summed E-state index contributed by atoms with van der Waals surface area (Å²) in [6, 6.07) is 3.84. The summed E-state index contributed by atoms with van der Waals surface area (Å²) in [4.78, 5) is 18.5. The fourth-order valence-electron chi connectivity index (χ4n) is 3.12. The third-order valence-corrected chi connectivity index (χ3v) is 4.38. The minimum Gasteiger partial charge on any atom is -0.342 e. The number of hydrogen-bond donors (Lipinski definition) is 1. The molecule has 0 aliphatic carbocycles. The average Bonchev–Trinajstić information content (AvgIpc) is 2.94. The zero-order chi connectivity index (χ0) is 15.4. The van der Waals surface area contributed by atoms with Gasteiger partial charge in [0.05, 0.1) is 12.6 Å². The highest BCUT2D eigenvalue weighted by Crippen LogP contribution is 2.22. The van der Waals surface area contributed by atoms with Gasteiger partial charge in [-0.05, 0) is 49.3 Å². The number of aryl methyl sites for hydroxylation is 1. The lowest BCUT2D eigenvalue weighted by molar-refractivity contribution is -0.132. The summed E-state index contributed by atoms with van der Waals surface area (Å²) in [5.74, 6) is 0.727. The maximum atomic E-state index is 12.5. The Balaban J connectivity index is 1.58. The Morgan fingerprint density at radius 2 is 2.36 bits per heavy atom. The van der Waals surface area contributed by atoms with E-state index >= 15 is 0 Å². The molecule has 0 aromatic carbocycles. The van der Waals surface area contributed by atoms with E-state index < -0.39 is 0 Å². The third-order valence-electron chi connectivity index (χ3n) is 4.38. The van der Waals surface area contributed by atoms with Gasteiger partial charge in [0.1, 0.15) is 0 Å². The Bertz CT molecular complexity index is 623. The van der Waals surface area contributed by atoms with E-state index in [1.807, 2.05) is 23.2 Å². The summed E-state index contributed by atoms with van der Waals surface area (Å²) in [6.07, 6.45) is 9.05. The molecule has 22 heavy (non-hydrogen) atoms. The SMILES string of the molecule is Cc1cn[nH]c1CC1CCCN(C(=O)Cc2cccnc2)C1. The van der Waals surface area contributed by atoms with E-state index in [1.165, 1.54) is 17.7 Å². The van der Waals surface area contributed by atoms with E-state index in [0.717, 1.165) is 31.5 Å². The molecule has 1 fully saturated rings. The molecule has 0 saturated carbocycles. The molecule has 3 rings (SSSR count). The van der Waals surface area contributed by atoms with Crippen LogP contribution >= 0.6 is 0 Å². The number of nitrogens with zero attached hydrogens (tertiary/aromatic N) is 3. The van der Waals surface area contributed by atoms with Crippen molar-refractivity contribution in [3.63, 3.8) is 0 Å². The van der Waals surface area contributed by atoms with Gasteiger partial charge in [0.15, 0.2) is 0 Å². The zero-order valence-corrected chi connectivity index (χ0v) is 13.0. The van der Waals surface area contributed by atoms with Gasteiger partial charge < -0.3 is 4.90 Å². The van der Waals surface area contributed by atoms with Crippen molar-refractivity contribution in [3.8, 4) is 0 Å². The number of carbonyl (C=O) groups excluding carboxylic acids is 1. The van der Waals surface area contributed by atoms with Crippen molar-refractivity contribution in [2.45, 2.75) is 32.6 Å². The second-order valence-electron chi connectivity index (χ2n) is 6.12. The van der Waals surface area contributed by atoms with Crippen LogP contribution in [0.1, 0.15) is 29.7 Å². The van der Waals surface area contributed by atoms with E-state index in [1.54, 1.807) is 12.4 Å². The Morgan fingerprint density at radius 1 is 1.45 bits per heavy atom. The summed E-state index contributed by atoms with van der Waals surface area (Å²) in [6.45, 7) is 3.79. The van der Waals surface area contributed by atoms with Gasteiger partial charge in [-0.3, -0.25) is 14.9 Å². The second kappa shape index (κ2) is 6.73. The highest BCUT2D eigenvalue weighted by molar-refractivity contribution is 5.78. The van der Waals surface area contributed by atoms with Crippen molar-refractivity contribution in [1.82, 2.24) is 20.1 Å². The molecule has 0 spiro atoms. The smallest absolute Gasteiger partial charge is 0.227 e. The van der Waals surface area contributed by atoms with Crippen molar-refractivity contribution < 1.29 is 4.79 Å². The summed E-state index contributed by atoms with van der Waals surface area (Å²) < 4.78 is 0. The van der Waals surface area contributed by atoms with Gasteiger partial charge in [-0.1, -0.05) is 6.07 Å². The van der Waals surface area contributed by atoms with E-state index in [4.69, 9.17) is 0 Å². The number of rotatable bonds is 4. The van der Waals surface area contributed by atoms with E-state index in [2.05, 4.69) is 22.1 Å². The van der Waals surface area contributed by atoms with Crippen LogP contribution in [0.25, 0.3) is 0 Å². The first kappa shape index (κ1) is 14.8. The molecule has 1 amide bonds. The number of aromatic nitrogens is 3. The van der Waals surface area contributed by atoms with Gasteiger partial charge in [0.25, 0.3) is 0 Å². The normalized spacial score (nSPS) is 18.4. The largest absolute Gasteiger partial charge is 0.342 e. The number of amides is 1. The molecule has 0 radical (unpaired) electrons. The molecular formula is C17H22N4O. The Labute approximate surface area is 130 Å². The molecule has 1 atom stereocenters. The van der Waals surface area contributed by atoms with Crippen molar-refractivity contribution in [2.24, 2.45) is 5.92 Å². The highest BCUT2D eigenvalue weighted by atomic mass is 16.2. The molecular weight excluding hydrogens is 276 g/mol. The molecule has 1 aliphatic heterocycles. The van der Waals surface area contributed by atoms with Gasteiger partial charge in [-0.15, -0.1) is 0 Å². The fraction of sp³-hybridized carbons (Fsp3) is 0.471. The maximum Gasteiger partial charge on any atom is 0.227 e. The summed E-state index contributed by atoms with van der Waals surface area (Å²) in [5.41, 5.74) is 3.39. The van der Waals surface area contributed by atoms with E-state index in [-0.39, 0.29) is 5.91 Å². The first-order valence-electron chi connectivity index (χ1n) is 7.88. The number of H-pyrrole nitrogens is 1. The van der Waals surface area contributed by atoms with Crippen LogP contribution in [0.4, 0.5) is 0 Å². The van der Waals surface area contributed by atoms with Gasteiger partial charge in [0.2, 0.25) is 5.91 Å². The molecule has 1 unspecified atom stereocenters. The number of hydrogen-bond acceptors (Lipinski definition) is 3. The van der Waals surface area contributed by atoms with Crippen LogP contribution in [-0.4, -0.2) is 39.1 Å². The molecule has 3 heterocycles. The number of pyridine rings is 1. The molecule has 1 saturated heterocycles. The maximum absolute atomic E-state index is 12.5. The summed E-state index contributed by atoms with van der Waals surface area (Å²) >= 11 is 0. The molecule has 0 bridgehead atoms. The first-order chi connectivity index (χ1) is 10.7. The molecule has 5 nitrogen and oxygen atoms in total. The molecule has 5 heteroatoms.